The molecule has 1 saturated carbocycles. The van der Waals surface area contributed by atoms with E-state index in [4.69, 9.17) is 0 Å². The van der Waals surface area contributed by atoms with Crippen LogP contribution >= 0.6 is 0 Å². The lowest BCUT2D eigenvalue weighted by Crippen LogP contribution is -2.46. The monoisotopic (exact) mass is 361 g/mol. The summed E-state index contributed by atoms with van der Waals surface area (Å²) in [7, 11) is 0. The molecular formula is C21H22F3NO. The van der Waals surface area contributed by atoms with E-state index in [1.54, 1.807) is 6.92 Å². The van der Waals surface area contributed by atoms with Crippen molar-refractivity contribution in [2.75, 3.05) is 6.54 Å². The van der Waals surface area contributed by atoms with Gasteiger partial charge < -0.3 is 4.90 Å². The molecule has 1 aliphatic rings. The number of benzene rings is 2. The van der Waals surface area contributed by atoms with Gasteiger partial charge in [-0.2, -0.15) is 13.2 Å². The van der Waals surface area contributed by atoms with E-state index in [9.17, 15) is 18.0 Å². The molecule has 1 atom stereocenters. The Morgan fingerprint density at radius 3 is 2.15 bits per heavy atom. The first-order valence-corrected chi connectivity index (χ1v) is 8.84. The van der Waals surface area contributed by atoms with Gasteiger partial charge >= 0.3 is 6.18 Å². The van der Waals surface area contributed by atoms with Crippen LogP contribution in [0.2, 0.25) is 0 Å². The van der Waals surface area contributed by atoms with Gasteiger partial charge in [0.25, 0.3) is 0 Å². The van der Waals surface area contributed by atoms with E-state index in [-0.39, 0.29) is 18.4 Å². The Bertz CT molecular complexity index is 736. The zero-order valence-electron chi connectivity index (χ0n) is 14.7. The molecule has 5 heteroatoms. The van der Waals surface area contributed by atoms with Crippen molar-refractivity contribution in [1.82, 2.24) is 4.90 Å². The summed E-state index contributed by atoms with van der Waals surface area (Å²) in [5.41, 5.74) is 2.80. The van der Waals surface area contributed by atoms with Crippen molar-refractivity contribution >= 4 is 5.91 Å². The van der Waals surface area contributed by atoms with E-state index in [1.807, 2.05) is 54.6 Å². The molecule has 138 valence electrons. The van der Waals surface area contributed by atoms with Gasteiger partial charge in [-0.3, -0.25) is 4.79 Å². The topological polar surface area (TPSA) is 20.3 Å². The predicted octanol–water partition coefficient (Wildman–Crippen LogP) is 5.09. The van der Waals surface area contributed by atoms with E-state index in [0.29, 0.717) is 0 Å². The van der Waals surface area contributed by atoms with Gasteiger partial charge in [0.05, 0.1) is 6.42 Å². The van der Waals surface area contributed by atoms with Crippen molar-refractivity contribution in [1.29, 1.82) is 0 Å². The number of carbonyl (C=O) groups excluding carboxylic acids is 1. The zero-order valence-corrected chi connectivity index (χ0v) is 14.7. The Kier molecular flexibility index (Phi) is 5.35. The first-order valence-electron chi connectivity index (χ1n) is 8.84. The quantitative estimate of drug-likeness (QED) is 0.702. The van der Waals surface area contributed by atoms with Crippen molar-refractivity contribution in [3.63, 3.8) is 0 Å². The molecule has 0 radical (unpaired) electrons. The van der Waals surface area contributed by atoms with Crippen molar-refractivity contribution in [3.05, 3.63) is 60.2 Å². The molecule has 0 N–H and O–H groups in total. The third kappa shape index (κ3) is 4.87. The molecule has 2 aromatic carbocycles. The number of alkyl halides is 3. The summed E-state index contributed by atoms with van der Waals surface area (Å²) < 4.78 is 38.7. The molecular weight excluding hydrogens is 339 g/mol. The second-order valence-corrected chi connectivity index (χ2v) is 6.95. The largest absolute Gasteiger partial charge is 0.406 e. The number of rotatable bonds is 6. The van der Waals surface area contributed by atoms with Crippen LogP contribution in [0.4, 0.5) is 13.2 Å². The maximum Gasteiger partial charge on any atom is 0.406 e. The van der Waals surface area contributed by atoms with Crippen LogP contribution in [0.1, 0.15) is 25.3 Å². The van der Waals surface area contributed by atoms with Crippen LogP contribution in [0.25, 0.3) is 11.1 Å². The third-order valence-corrected chi connectivity index (χ3v) is 4.88. The SMILES string of the molecule is CC(C1CC1)N(CC(F)(F)F)C(=O)Cc1ccc(-c2ccccc2)cc1. The van der Waals surface area contributed by atoms with Gasteiger partial charge in [-0.15, -0.1) is 0 Å². The van der Waals surface area contributed by atoms with Crippen LogP contribution in [0.3, 0.4) is 0 Å². The second-order valence-electron chi connectivity index (χ2n) is 6.95. The molecule has 26 heavy (non-hydrogen) atoms. The lowest BCUT2D eigenvalue weighted by Gasteiger charge is -2.30. The molecule has 2 aromatic rings. The number of amides is 1. The van der Waals surface area contributed by atoms with Crippen LogP contribution in [-0.4, -0.2) is 29.6 Å². The molecule has 1 aliphatic carbocycles. The third-order valence-electron chi connectivity index (χ3n) is 4.88. The van der Waals surface area contributed by atoms with Crippen molar-refractivity contribution < 1.29 is 18.0 Å². The van der Waals surface area contributed by atoms with Gasteiger partial charge in [0.2, 0.25) is 5.91 Å². The number of hydrogen-bond donors (Lipinski definition) is 0. The lowest BCUT2D eigenvalue weighted by molar-refractivity contribution is -0.165. The minimum absolute atomic E-state index is 0.0117. The highest BCUT2D eigenvalue weighted by Crippen LogP contribution is 2.36. The van der Waals surface area contributed by atoms with Crippen molar-refractivity contribution in [3.8, 4) is 11.1 Å². The number of halogens is 3. The summed E-state index contributed by atoms with van der Waals surface area (Å²) in [6.07, 6.45) is -2.60. The lowest BCUT2D eigenvalue weighted by atomic mass is 10.0. The van der Waals surface area contributed by atoms with Gasteiger partial charge in [0.15, 0.2) is 0 Å². The van der Waals surface area contributed by atoms with E-state index < -0.39 is 18.6 Å². The average molecular weight is 361 g/mol. The maximum atomic E-state index is 12.9. The summed E-state index contributed by atoms with van der Waals surface area (Å²) >= 11 is 0. The fraction of sp³-hybridized carbons (Fsp3) is 0.381. The molecule has 0 heterocycles. The highest BCUT2D eigenvalue weighted by molar-refractivity contribution is 5.79. The normalized spacial score (nSPS) is 15.5. The Hall–Kier alpha value is -2.30. The summed E-state index contributed by atoms with van der Waals surface area (Å²) in [5, 5.41) is 0. The predicted molar refractivity (Wildman–Crippen MR) is 95.5 cm³/mol. The second kappa shape index (κ2) is 7.52. The van der Waals surface area contributed by atoms with Crippen LogP contribution in [0.5, 0.6) is 0 Å². The molecule has 1 unspecified atom stereocenters. The maximum absolute atomic E-state index is 12.9. The Morgan fingerprint density at radius 2 is 1.62 bits per heavy atom. The summed E-state index contributed by atoms with van der Waals surface area (Å²) in [6.45, 7) is 0.547. The molecule has 0 bridgehead atoms. The summed E-state index contributed by atoms with van der Waals surface area (Å²) in [5.74, 6) is -0.268. The molecule has 0 aromatic heterocycles. The van der Waals surface area contributed by atoms with Crippen LogP contribution in [0, 0.1) is 5.92 Å². The molecule has 3 rings (SSSR count). The van der Waals surface area contributed by atoms with E-state index in [1.165, 1.54) is 0 Å². The van der Waals surface area contributed by atoms with Gasteiger partial charge in [-0.25, -0.2) is 0 Å². The highest BCUT2D eigenvalue weighted by atomic mass is 19.4. The first-order chi connectivity index (χ1) is 12.3. The van der Waals surface area contributed by atoms with E-state index in [2.05, 4.69) is 0 Å². The average Bonchev–Trinajstić information content (AvgIpc) is 3.45. The van der Waals surface area contributed by atoms with Gasteiger partial charge in [-0.1, -0.05) is 54.6 Å². The van der Waals surface area contributed by atoms with Crippen LogP contribution < -0.4 is 0 Å². The fourth-order valence-corrected chi connectivity index (χ4v) is 3.21. The van der Waals surface area contributed by atoms with E-state index >= 15 is 0 Å². The molecule has 0 spiro atoms. The molecule has 2 nitrogen and oxygen atoms in total. The van der Waals surface area contributed by atoms with Crippen molar-refractivity contribution in [2.24, 2.45) is 5.92 Å². The molecule has 0 saturated heterocycles. The number of nitrogens with zero attached hydrogens (tertiary/aromatic N) is 1. The Balaban J connectivity index is 1.70. The van der Waals surface area contributed by atoms with Crippen LogP contribution in [-0.2, 0) is 11.2 Å². The molecule has 1 amide bonds. The zero-order chi connectivity index (χ0) is 18.7. The highest BCUT2D eigenvalue weighted by Gasteiger charge is 2.40. The molecule has 1 fully saturated rings. The van der Waals surface area contributed by atoms with Gasteiger partial charge in [0.1, 0.15) is 6.54 Å². The Morgan fingerprint density at radius 1 is 1.04 bits per heavy atom. The number of carbonyl (C=O) groups is 1. The van der Waals surface area contributed by atoms with Gasteiger partial charge in [0, 0.05) is 6.04 Å². The van der Waals surface area contributed by atoms with Crippen molar-refractivity contribution in [2.45, 2.75) is 38.4 Å². The standard InChI is InChI=1S/C21H22F3NO/c1-15(17-11-12-17)25(14-21(22,23)24)20(26)13-16-7-9-19(10-8-16)18-5-3-2-4-6-18/h2-10,15,17H,11-14H2,1H3. The van der Waals surface area contributed by atoms with Crippen LogP contribution in [0.15, 0.2) is 54.6 Å². The smallest absolute Gasteiger partial charge is 0.330 e. The summed E-state index contributed by atoms with van der Waals surface area (Å²) in [6, 6.07) is 16.9. The number of hydrogen-bond acceptors (Lipinski definition) is 1. The summed E-state index contributed by atoms with van der Waals surface area (Å²) in [4.78, 5) is 13.5. The molecule has 0 aliphatic heterocycles. The van der Waals surface area contributed by atoms with E-state index in [0.717, 1.165) is 34.4 Å². The first kappa shape index (κ1) is 18.5. The van der Waals surface area contributed by atoms with Gasteiger partial charge in [-0.05, 0) is 42.4 Å². The Labute approximate surface area is 151 Å². The minimum atomic E-state index is -4.38. The minimum Gasteiger partial charge on any atom is -0.330 e. The fourth-order valence-electron chi connectivity index (χ4n) is 3.21.